The number of unbranched alkanes of at least 4 members (excludes halogenated alkanes) is 6. The first-order chi connectivity index (χ1) is 46.2. The number of ether oxygens (including phenoxy) is 4. The summed E-state index contributed by atoms with van der Waals surface area (Å²) in [5.41, 5.74) is 10.7. The van der Waals surface area contributed by atoms with Gasteiger partial charge in [0, 0.05) is 22.3 Å². The standard InChI is InChI=1S/C88H102O6/c1-5-9-11-17-57-91-77-53-49-69(50-54-77)67-37-45-73(46-38-67)87(89)93-85-81(71-41-33-65(34-42-71)63-29-25-61(19-7-3)26-30-63)59-75-21-13-15-23-79(75)83(85)84-80-24-16-14-22-76(80)60-82(72-43-35-66(36-44-72)64-31-27-62(20-8-4)28-32-64)86(84)94-88(90)74-47-39-68(40-48-74)70-51-55-78(56-52-70)92-58-18-12-10-6-2/h13-16,21-24,37-41,43,45-56,59-66H,5-12,17-20,25-36,42,44,57-58H2,1-4H3. The van der Waals surface area contributed by atoms with Crippen LogP contribution in [0.2, 0.25) is 0 Å². The van der Waals surface area contributed by atoms with Crippen molar-refractivity contribution in [2.24, 2.45) is 35.5 Å². The number of fused-ring (bicyclic) bond motifs is 2. The highest BCUT2D eigenvalue weighted by Crippen LogP contribution is 2.54. The van der Waals surface area contributed by atoms with E-state index in [0.717, 1.165) is 153 Å². The van der Waals surface area contributed by atoms with Crippen LogP contribution in [0.1, 0.15) is 226 Å². The number of esters is 2. The molecule has 0 aromatic heterocycles. The van der Waals surface area contributed by atoms with E-state index in [1.54, 1.807) is 0 Å². The quantitative estimate of drug-likeness (QED) is 0.0290. The average molecular weight is 1260 g/mol. The molecule has 0 radical (unpaired) electrons. The highest BCUT2D eigenvalue weighted by molar-refractivity contribution is 6.14. The number of hydrogen-bond donors (Lipinski definition) is 0. The Morgan fingerprint density at radius 1 is 0.383 bits per heavy atom. The molecular formula is C88H102O6. The predicted octanol–water partition coefficient (Wildman–Crippen LogP) is 24.9. The Morgan fingerprint density at radius 2 is 0.755 bits per heavy atom. The number of benzene rings is 8. The van der Waals surface area contributed by atoms with Crippen LogP contribution in [0.4, 0.5) is 0 Å². The van der Waals surface area contributed by atoms with Crippen molar-refractivity contribution in [2.45, 2.75) is 195 Å². The third-order valence-electron chi connectivity index (χ3n) is 21.9. The molecule has 0 N–H and O–H groups in total. The van der Waals surface area contributed by atoms with Crippen molar-refractivity contribution in [3.05, 3.63) is 192 Å². The molecule has 4 aliphatic carbocycles. The zero-order chi connectivity index (χ0) is 64.6. The third-order valence-corrected chi connectivity index (χ3v) is 21.9. The minimum Gasteiger partial charge on any atom is -0.494 e. The van der Waals surface area contributed by atoms with Crippen LogP contribution < -0.4 is 18.9 Å². The number of allylic oxidation sites excluding steroid dienone is 4. The maximum Gasteiger partial charge on any atom is 0.343 e. The second kappa shape index (κ2) is 32.6. The van der Waals surface area contributed by atoms with Gasteiger partial charge in [-0.15, -0.1) is 0 Å². The minimum atomic E-state index is -0.442. The van der Waals surface area contributed by atoms with E-state index in [9.17, 15) is 0 Å². The fraction of sp³-hybridized carbons (Fsp3) is 0.432. The molecule has 2 saturated carbocycles. The summed E-state index contributed by atoms with van der Waals surface area (Å²) in [5.74, 6) is 6.27. The Labute approximate surface area is 562 Å². The molecule has 8 aromatic rings. The molecule has 2 fully saturated rings. The largest absolute Gasteiger partial charge is 0.494 e. The Hall–Kier alpha value is -7.70. The number of carbonyl (C=O) groups is 2. The first kappa shape index (κ1) is 66.3. The van der Waals surface area contributed by atoms with Gasteiger partial charge in [-0.05, 0) is 228 Å². The molecule has 0 aliphatic heterocycles. The molecule has 0 heterocycles. The molecule has 2 unspecified atom stereocenters. The average Bonchev–Trinajstić information content (AvgIpc) is 0.737. The van der Waals surface area contributed by atoms with Gasteiger partial charge in [0.25, 0.3) is 0 Å². The maximum absolute atomic E-state index is 15.5. The fourth-order valence-corrected chi connectivity index (χ4v) is 16.4. The van der Waals surface area contributed by atoms with E-state index in [1.165, 1.54) is 127 Å². The molecule has 6 nitrogen and oxygen atoms in total. The molecule has 2 atom stereocenters. The minimum absolute atomic E-state index is 0.442. The van der Waals surface area contributed by atoms with Crippen LogP contribution in [0.15, 0.2) is 170 Å². The Morgan fingerprint density at radius 3 is 1.11 bits per heavy atom. The van der Waals surface area contributed by atoms with Crippen molar-refractivity contribution in [1.82, 2.24) is 0 Å². The van der Waals surface area contributed by atoms with Crippen LogP contribution in [0.3, 0.4) is 0 Å². The van der Waals surface area contributed by atoms with Crippen molar-refractivity contribution in [1.29, 1.82) is 0 Å². The molecule has 94 heavy (non-hydrogen) atoms. The van der Waals surface area contributed by atoms with Gasteiger partial charge < -0.3 is 18.9 Å². The van der Waals surface area contributed by atoms with E-state index >= 15 is 9.59 Å². The van der Waals surface area contributed by atoms with Crippen LogP contribution in [-0.4, -0.2) is 25.2 Å². The summed E-state index contributed by atoms with van der Waals surface area (Å²) in [6, 6.07) is 53.7. The van der Waals surface area contributed by atoms with Crippen molar-refractivity contribution >= 4 is 44.6 Å². The van der Waals surface area contributed by atoms with Crippen molar-refractivity contribution in [2.75, 3.05) is 13.2 Å². The third kappa shape index (κ3) is 16.2. The van der Waals surface area contributed by atoms with Gasteiger partial charge in [0.05, 0.1) is 24.3 Å². The molecule has 0 bridgehead atoms. The van der Waals surface area contributed by atoms with Gasteiger partial charge in [0.15, 0.2) is 0 Å². The molecule has 4 aliphatic rings. The molecule has 6 heteroatoms. The second-order valence-electron chi connectivity index (χ2n) is 28.2. The Bertz CT molecular complexity index is 3600. The van der Waals surface area contributed by atoms with Gasteiger partial charge in [-0.2, -0.15) is 0 Å². The van der Waals surface area contributed by atoms with E-state index in [2.05, 4.69) is 125 Å². The van der Waals surface area contributed by atoms with Crippen LogP contribution >= 0.6 is 0 Å². The van der Waals surface area contributed by atoms with Gasteiger partial charge in [0.1, 0.15) is 23.0 Å². The lowest BCUT2D eigenvalue weighted by molar-refractivity contribution is 0.0723. The van der Waals surface area contributed by atoms with Gasteiger partial charge in [-0.25, -0.2) is 9.59 Å². The molecule has 0 amide bonds. The summed E-state index contributed by atoms with van der Waals surface area (Å²) in [6.07, 6.45) is 36.0. The van der Waals surface area contributed by atoms with Crippen LogP contribution in [0.5, 0.6) is 23.0 Å². The molecule has 490 valence electrons. The summed E-state index contributed by atoms with van der Waals surface area (Å²) in [6.45, 7) is 10.5. The Kier molecular flexibility index (Phi) is 23.0. The Balaban J connectivity index is 0.952. The van der Waals surface area contributed by atoms with Gasteiger partial charge in [0.2, 0.25) is 0 Å². The maximum atomic E-state index is 15.5. The molecular weight excluding hydrogens is 1150 g/mol. The zero-order valence-electron chi connectivity index (χ0n) is 56.9. The molecule has 0 saturated heterocycles. The van der Waals surface area contributed by atoms with Crippen LogP contribution in [0.25, 0.3) is 66.1 Å². The van der Waals surface area contributed by atoms with E-state index in [-0.39, 0.29) is 0 Å². The highest BCUT2D eigenvalue weighted by Gasteiger charge is 2.35. The van der Waals surface area contributed by atoms with Gasteiger partial charge in [-0.1, -0.05) is 227 Å². The second-order valence-corrected chi connectivity index (χ2v) is 28.2. The molecule has 12 rings (SSSR count). The van der Waals surface area contributed by atoms with Crippen molar-refractivity contribution in [3.8, 4) is 56.4 Å². The van der Waals surface area contributed by atoms with E-state index < -0.39 is 11.9 Å². The van der Waals surface area contributed by atoms with E-state index in [1.807, 2.05) is 72.8 Å². The van der Waals surface area contributed by atoms with Crippen molar-refractivity contribution < 1.29 is 28.5 Å². The van der Waals surface area contributed by atoms with Gasteiger partial charge in [-0.3, -0.25) is 0 Å². The first-order valence-corrected chi connectivity index (χ1v) is 36.9. The van der Waals surface area contributed by atoms with E-state index in [0.29, 0.717) is 47.7 Å². The zero-order valence-corrected chi connectivity index (χ0v) is 56.9. The number of carbonyl (C=O) groups excluding carboxylic acids is 2. The van der Waals surface area contributed by atoms with Crippen molar-refractivity contribution in [3.63, 3.8) is 0 Å². The normalized spacial score (nSPS) is 19.9. The summed E-state index contributed by atoms with van der Waals surface area (Å²) >= 11 is 0. The van der Waals surface area contributed by atoms with E-state index in [4.69, 9.17) is 18.9 Å². The smallest absolute Gasteiger partial charge is 0.343 e. The lowest BCUT2D eigenvalue weighted by Crippen LogP contribution is -2.23. The summed E-state index contributed by atoms with van der Waals surface area (Å²) in [4.78, 5) is 30.9. The lowest BCUT2D eigenvalue weighted by atomic mass is 9.70. The molecule has 0 spiro atoms. The van der Waals surface area contributed by atoms with Crippen LogP contribution in [0, 0.1) is 35.5 Å². The topological polar surface area (TPSA) is 71.1 Å². The summed E-state index contributed by atoms with van der Waals surface area (Å²) < 4.78 is 26.6. The summed E-state index contributed by atoms with van der Waals surface area (Å²) in [7, 11) is 0. The monoisotopic (exact) mass is 1250 g/mol. The molecule has 8 aromatic carbocycles. The first-order valence-electron chi connectivity index (χ1n) is 36.9. The fourth-order valence-electron chi connectivity index (χ4n) is 16.4. The lowest BCUT2D eigenvalue weighted by Gasteiger charge is -2.36. The predicted molar refractivity (Wildman–Crippen MR) is 391 cm³/mol. The van der Waals surface area contributed by atoms with Crippen LogP contribution in [-0.2, 0) is 0 Å². The number of hydrogen-bond acceptors (Lipinski definition) is 6. The SMILES string of the molecule is CCCCCCOc1ccc(-c2ccc(C(=O)Oc3c(C4=CCC(C5CCC(CCC)CC5)CC4)cc4ccccc4c3-c3c(OC(=O)c4ccc(-c5ccc(OCCCCCC)cc5)cc4)c(C4=CCC(C5CCC(CCC)CC5)CC4)cc4ccccc34)cc2)cc1. The summed E-state index contributed by atoms with van der Waals surface area (Å²) in [5, 5.41) is 3.90. The van der Waals surface area contributed by atoms with Gasteiger partial charge >= 0.3 is 11.9 Å². The number of rotatable bonds is 27. The highest BCUT2D eigenvalue weighted by atomic mass is 16.5.